The Morgan fingerprint density at radius 3 is 2.48 bits per heavy atom. The van der Waals surface area contributed by atoms with E-state index in [2.05, 4.69) is 4.98 Å². The van der Waals surface area contributed by atoms with Crippen LogP contribution in [0.1, 0.15) is 23.7 Å². The SMILES string of the molecule is CCCOc1ccc(C(=O)O)cc1.O=[N+]([O-])c1ccc2cccnc2c1O. The van der Waals surface area contributed by atoms with E-state index in [-0.39, 0.29) is 22.5 Å². The van der Waals surface area contributed by atoms with Crippen LogP contribution in [0, 0.1) is 10.1 Å². The Balaban J connectivity index is 0.000000194. The predicted molar refractivity (Wildman–Crippen MR) is 99.2 cm³/mol. The van der Waals surface area contributed by atoms with Gasteiger partial charge in [-0.1, -0.05) is 13.0 Å². The highest BCUT2D eigenvalue weighted by Crippen LogP contribution is 2.32. The number of nitro groups is 1. The van der Waals surface area contributed by atoms with E-state index in [9.17, 15) is 20.0 Å². The van der Waals surface area contributed by atoms with E-state index in [1.165, 1.54) is 24.4 Å². The molecule has 1 heterocycles. The number of phenolic OH excluding ortho intramolecular Hbond substituents is 1. The lowest BCUT2D eigenvalue weighted by molar-refractivity contribution is -0.385. The number of fused-ring (bicyclic) bond motifs is 1. The average molecular weight is 370 g/mol. The minimum atomic E-state index is -0.915. The highest BCUT2D eigenvalue weighted by molar-refractivity contribution is 5.88. The van der Waals surface area contributed by atoms with E-state index >= 15 is 0 Å². The number of carboxylic acids is 1. The monoisotopic (exact) mass is 370 g/mol. The van der Waals surface area contributed by atoms with Gasteiger partial charge in [0.25, 0.3) is 0 Å². The molecule has 0 bridgehead atoms. The van der Waals surface area contributed by atoms with E-state index in [0.29, 0.717) is 17.7 Å². The van der Waals surface area contributed by atoms with Crippen molar-refractivity contribution in [2.24, 2.45) is 0 Å². The number of phenols is 1. The summed E-state index contributed by atoms with van der Waals surface area (Å²) < 4.78 is 5.30. The summed E-state index contributed by atoms with van der Waals surface area (Å²) in [5, 5.41) is 29.3. The Morgan fingerprint density at radius 2 is 1.89 bits per heavy atom. The second-order valence-electron chi connectivity index (χ2n) is 5.44. The van der Waals surface area contributed by atoms with E-state index in [0.717, 1.165) is 6.42 Å². The molecule has 0 fully saturated rings. The number of nitro benzene ring substituents is 1. The van der Waals surface area contributed by atoms with Gasteiger partial charge in [-0.15, -0.1) is 0 Å². The second-order valence-corrected chi connectivity index (χ2v) is 5.44. The molecule has 3 aromatic rings. The van der Waals surface area contributed by atoms with E-state index in [4.69, 9.17) is 9.84 Å². The fraction of sp³-hybridized carbons (Fsp3) is 0.158. The molecule has 2 N–H and O–H groups in total. The number of aromatic hydroxyl groups is 1. The quantitative estimate of drug-likeness (QED) is 0.513. The number of hydrogen-bond donors (Lipinski definition) is 2. The summed E-state index contributed by atoms with van der Waals surface area (Å²) in [5.41, 5.74) is 0.210. The molecule has 0 saturated heterocycles. The first-order chi connectivity index (χ1) is 12.9. The van der Waals surface area contributed by atoms with Crippen molar-refractivity contribution in [3.05, 3.63) is 70.4 Å². The van der Waals surface area contributed by atoms with Gasteiger partial charge in [0.05, 0.1) is 17.1 Å². The number of benzene rings is 2. The molecule has 1 aromatic heterocycles. The number of aromatic nitrogens is 1. The Kier molecular flexibility index (Phi) is 6.65. The minimum absolute atomic E-state index is 0.252. The highest BCUT2D eigenvalue weighted by atomic mass is 16.6. The van der Waals surface area contributed by atoms with Crippen molar-refractivity contribution in [1.29, 1.82) is 0 Å². The summed E-state index contributed by atoms with van der Waals surface area (Å²) in [5.74, 6) is -0.581. The van der Waals surface area contributed by atoms with Gasteiger partial charge in [-0.2, -0.15) is 0 Å². The first-order valence-electron chi connectivity index (χ1n) is 8.11. The van der Waals surface area contributed by atoms with Gasteiger partial charge in [0.1, 0.15) is 11.3 Å². The minimum Gasteiger partial charge on any atom is -0.501 e. The van der Waals surface area contributed by atoms with Gasteiger partial charge in [-0.3, -0.25) is 15.1 Å². The number of hydrogen-bond acceptors (Lipinski definition) is 6. The maximum atomic E-state index is 10.5. The number of carbonyl (C=O) groups is 1. The van der Waals surface area contributed by atoms with Gasteiger partial charge in [0.2, 0.25) is 5.75 Å². The first-order valence-corrected chi connectivity index (χ1v) is 8.11. The Labute approximate surface area is 154 Å². The van der Waals surface area contributed by atoms with Crippen LogP contribution in [0.25, 0.3) is 10.9 Å². The normalized spacial score (nSPS) is 9.96. The van der Waals surface area contributed by atoms with E-state index in [1.807, 2.05) is 6.92 Å². The summed E-state index contributed by atoms with van der Waals surface area (Å²) in [6.07, 6.45) is 2.42. The molecule has 8 heteroatoms. The number of aromatic carboxylic acids is 1. The van der Waals surface area contributed by atoms with Gasteiger partial charge in [-0.05, 0) is 42.8 Å². The predicted octanol–water partition coefficient (Wildman–Crippen LogP) is 4.02. The molecule has 27 heavy (non-hydrogen) atoms. The van der Waals surface area contributed by atoms with Crippen molar-refractivity contribution < 1.29 is 24.7 Å². The van der Waals surface area contributed by atoms with Crippen LogP contribution in [0.5, 0.6) is 11.5 Å². The topological polar surface area (TPSA) is 123 Å². The molecule has 0 radical (unpaired) electrons. The smallest absolute Gasteiger partial charge is 0.335 e. The summed E-state index contributed by atoms with van der Waals surface area (Å²) in [7, 11) is 0. The number of pyridine rings is 1. The van der Waals surface area contributed by atoms with Crippen molar-refractivity contribution in [2.75, 3.05) is 6.61 Å². The molecular formula is C19H18N2O6. The second kappa shape index (κ2) is 9.14. The van der Waals surface area contributed by atoms with Crippen molar-refractivity contribution in [2.45, 2.75) is 13.3 Å². The van der Waals surface area contributed by atoms with Crippen LogP contribution in [0.3, 0.4) is 0 Å². The molecule has 0 atom stereocenters. The zero-order valence-corrected chi connectivity index (χ0v) is 14.5. The molecule has 2 aromatic carbocycles. The van der Waals surface area contributed by atoms with Gasteiger partial charge < -0.3 is 14.9 Å². The van der Waals surface area contributed by atoms with Crippen molar-refractivity contribution in [3.63, 3.8) is 0 Å². The molecule has 0 aliphatic carbocycles. The molecule has 0 spiro atoms. The zero-order chi connectivity index (χ0) is 19.8. The maximum Gasteiger partial charge on any atom is 0.335 e. The van der Waals surface area contributed by atoms with Crippen LogP contribution >= 0.6 is 0 Å². The Hall–Kier alpha value is -3.68. The summed E-state index contributed by atoms with van der Waals surface area (Å²) in [6, 6.07) is 12.7. The van der Waals surface area contributed by atoms with Crippen molar-refractivity contribution in [1.82, 2.24) is 4.98 Å². The van der Waals surface area contributed by atoms with Crippen LogP contribution in [0.4, 0.5) is 5.69 Å². The van der Waals surface area contributed by atoms with Crippen molar-refractivity contribution >= 4 is 22.6 Å². The molecule has 140 valence electrons. The van der Waals surface area contributed by atoms with Crippen LogP contribution < -0.4 is 4.74 Å². The molecule has 8 nitrogen and oxygen atoms in total. The van der Waals surface area contributed by atoms with Gasteiger partial charge in [0.15, 0.2) is 0 Å². The van der Waals surface area contributed by atoms with Crippen molar-refractivity contribution in [3.8, 4) is 11.5 Å². The van der Waals surface area contributed by atoms with Crippen LogP contribution in [-0.4, -0.2) is 32.7 Å². The van der Waals surface area contributed by atoms with Crippen LogP contribution in [0.15, 0.2) is 54.7 Å². The summed E-state index contributed by atoms with van der Waals surface area (Å²) in [6.45, 7) is 2.68. The van der Waals surface area contributed by atoms with Gasteiger partial charge >= 0.3 is 11.7 Å². The third kappa shape index (κ3) is 5.15. The van der Waals surface area contributed by atoms with Crippen LogP contribution in [0.2, 0.25) is 0 Å². The third-order valence-electron chi connectivity index (χ3n) is 3.50. The third-order valence-corrected chi connectivity index (χ3v) is 3.50. The first kappa shape index (κ1) is 19.6. The van der Waals surface area contributed by atoms with Crippen LogP contribution in [-0.2, 0) is 0 Å². The Bertz CT molecular complexity index is 941. The number of rotatable bonds is 5. The fourth-order valence-corrected chi connectivity index (χ4v) is 2.18. The number of ether oxygens (including phenoxy) is 1. The summed E-state index contributed by atoms with van der Waals surface area (Å²) in [4.78, 5) is 24.2. The average Bonchev–Trinajstić information content (AvgIpc) is 2.67. The fourth-order valence-electron chi connectivity index (χ4n) is 2.18. The summed E-state index contributed by atoms with van der Waals surface area (Å²) >= 11 is 0. The number of carboxylic acid groups (broad SMARTS) is 1. The lowest BCUT2D eigenvalue weighted by Gasteiger charge is -2.03. The maximum absolute atomic E-state index is 10.5. The lowest BCUT2D eigenvalue weighted by atomic mass is 10.2. The lowest BCUT2D eigenvalue weighted by Crippen LogP contribution is -1.97. The molecule has 3 rings (SSSR count). The highest BCUT2D eigenvalue weighted by Gasteiger charge is 2.15. The molecule has 0 unspecified atom stereocenters. The molecule has 0 aliphatic rings. The van der Waals surface area contributed by atoms with E-state index in [1.54, 1.807) is 30.3 Å². The molecular weight excluding hydrogens is 352 g/mol. The van der Waals surface area contributed by atoms with Gasteiger partial charge in [-0.25, -0.2) is 4.79 Å². The molecule has 0 aliphatic heterocycles. The van der Waals surface area contributed by atoms with E-state index < -0.39 is 10.9 Å². The molecule has 0 saturated carbocycles. The standard InChI is InChI=1S/C10H12O3.C9H6N2O3/c1-2-7-13-9-5-3-8(4-6-9)10(11)12;12-9-7(11(13)14)4-3-6-2-1-5-10-8(6)9/h3-6H,2,7H2,1H3,(H,11,12);1-5,12H. The number of nitrogens with zero attached hydrogens (tertiary/aromatic N) is 2. The van der Waals surface area contributed by atoms with Gasteiger partial charge in [0, 0.05) is 17.6 Å². The Morgan fingerprint density at radius 1 is 1.19 bits per heavy atom. The largest absolute Gasteiger partial charge is 0.501 e. The molecule has 0 amide bonds. The zero-order valence-electron chi connectivity index (χ0n) is 14.5.